The average molecular weight is 335 g/mol. The third-order valence-corrected chi connectivity index (χ3v) is 4.03. The summed E-state index contributed by atoms with van der Waals surface area (Å²) in [5.74, 6) is 1.00. The highest BCUT2D eigenvalue weighted by atomic mass is 79.9. The minimum absolute atomic E-state index is 0.179. The van der Waals surface area contributed by atoms with Gasteiger partial charge in [0.15, 0.2) is 0 Å². The molecule has 0 aliphatic heterocycles. The van der Waals surface area contributed by atoms with E-state index in [1.807, 2.05) is 6.07 Å². The van der Waals surface area contributed by atoms with Crippen molar-refractivity contribution in [1.29, 1.82) is 0 Å². The first kappa shape index (κ1) is 11.1. The van der Waals surface area contributed by atoms with E-state index in [1.54, 1.807) is 12.1 Å². The highest BCUT2D eigenvalue weighted by Gasteiger charge is 2.42. The average Bonchev–Trinajstić information content (AvgIpc) is 2.97. The molecule has 1 aliphatic carbocycles. The Morgan fingerprint density at radius 1 is 1.47 bits per heavy atom. The van der Waals surface area contributed by atoms with Crippen molar-refractivity contribution in [2.75, 3.05) is 0 Å². The van der Waals surface area contributed by atoms with Crippen molar-refractivity contribution in [3.8, 4) is 0 Å². The lowest BCUT2D eigenvalue weighted by molar-refractivity contribution is -0.384. The van der Waals surface area contributed by atoms with Crippen LogP contribution in [-0.4, -0.2) is 8.66 Å². The van der Waals surface area contributed by atoms with Crippen LogP contribution in [0.3, 0.4) is 0 Å². The van der Waals surface area contributed by atoms with Gasteiger partial charge in [0.05, 0.1) is 8.66 Å². The highest BCUT2D eigenvalue weighted by Crippen LogP contribution is 2.53. The Morgan fingerprint density at radius 3 is 2.73 bits per heavy atom. The largest absolute Gasteiger partial charge is 0.269 e. The minimum atomic E-state index is -0.347. The van der Waals surface area contributed by atoms with E-state index in [1.165, 1.54) is 6.07 Å². The monoisotopic (exact) mass is 333 g/mol. The molecule has 5 heteroatoms. The van der Waals surface area contributed by atoms with Gasteiger partial charge in [0.2, 0.25) is 0 Å². The van der Waals surface area contributed by atoms with Gasteiger partial charge in [-0.3, -0.25) is 10.1 Å². The van der Waals surface area contributed by atoms with Gasteiger partial charge in [-0.25, -0.2) is 0 Å². The van der Waals surface area contributed by atoms with Gasteiger partial charge in [-0.1, -0.05) is 44.0 Å². The second-order valence-corrected chi connectivity index (χ2v) is 6.89. The number of non-ortho nitro benzene ring substituents is 1. The number of nitrogens with zero attached hydrogens (tertiary/aromatic N) is 1. The molecule has 0 N–H and O–H groups in total. The van der Waals surface area contributed by atoms with Crippen molar-refractivity contribution in [2.45, 2.75) is 16.1 Å². The lowest BCUT2D eigenvalue weighted by atomic mass is 10.1. The Balaban J connectivity index is 2.17. The zero-order chi connectivity index (χ0) is 11.0. The number of rotatable bonds is 3. The van der Waals surface area contributed by atoms with E-state index in [4.69, 9.17) is 0 Å². The predicted molar refractivity (Wildman–Crippen MR) is 65.6 cm³/mol. The summed E-state index contributed by atoms with van der Waals surface area (Å²) >= 11 is 6.94. The molecule has 1 aliphatic rings. The minimum Gasteiger partial charge on any atom is -0.258 e. The normalized spacial score (nSPS) is 24.2. The quantitative estimate of drug-likeness (QED) is 0.479. The van der Waals surface area contributed by atoms with Gasteiger partial charge in [-0.15, -0.1) is 0 Å². The Labute approximate surface area is 104 Å². The molecule has 0 amide bonds. The van der Waals surface area contributed by atoms with Crippen molar-refractivity contribution in [3.63, 3.8) is 0 Å². The maximum Gasteiger partial charge on any atom is 0.269 e. The van der Waals surface area contributed by atoms with Gasteiger partial charge in [-0.05, 0) is 23.8 Å². The molecule has 1 aromatic carbocycles. The molecule has 0 radical (unpaired) electrons. The van der Waals surface area contributed by atoms with E-state index in [9.17, 15) is 10.1 Å². The topological polar surface area (TPSA) is 43.1 Å². The molecule has 3 nitrogen and oxygen atoms in total. The Kier molecular flexibility index (Phi) is 3.11. The molecule has 1 fully saturated rings. The first-order valence-electron chi connectivity index (χ1n) is 4.62. The van der Waals surface area contributed by atoms with Crippen LogP contribution in [0.2, 0.25) is 0 Å². The van der Waals surface area contributed by atoms with Gasteiger partial charge in [0, 0.05) is 12.1 Å². The van der Waals surface area contributed by atoms with Crippen LogP contribution in [0.4, 0.5) is 5.69 Å². The van der Waals surface area contributed by atoms with Gasteiger partial charge in [0.1, 0.15) is 0 Å². The summed E-state index contributed by atoms with van der Waals surface area (Å²) in [6.45, 7) is 0. The maximum atomic E-state index is 10.6. The fourth-order valence-electron chi connectivity index (χ4n) is 1.75. The Morgan fingerprint density at radius 2 is 2.20 bits per heavy atom. The molecule has 1 aromatic rings. The van der Waals surface area contributed by atoms with Crippen molar-refractivity contribution < 1.29 is 4.92 Å². The van der Waals surface area contributed by atoms with Crippen molar-refractivity contribution >= 4 is 37.5 Å². The molecule has 1 saturated carbocycles. The first-order valence-corrected chi connectivity index (χ1v) is 6.45. The van der Waals surface area contributed by atoms with E-state index >= 15 is 0 Å². The number of alkyl halides is 2. The summed E-state index contributed by atoms with van der Waals surface area (Å²) in [6.07, 6.45) is 1.09. The number of hydrogen-bond acceptors (Lipinski definition) is 2. The molecule has 0 spiro atoms. The molecule has 0 heterocycles. The van der Waals surface area contributed by atoms with Gasteiger partial charge >= 0.3 is 0 Å². The second-order valence-electron chi connectivity index (χ2n) is 3.69. The van der Waals surface area contributed by atoms with Crippen molar-refractivity contribution in [1.82, 2.24) is 0 Å². The second kappa shape index (κ2) is 4.22. The molecule has 2 unspecified atom stereocenters. The van der Waals surface area contributed by atoms with Gasteiger partial charge in [-0.2, -0.15) is 0 Å². The number of hydrogen-bond donors (Lipinski definition) is 0. The third kappa shape index (κ3) is 2.39. The number of halogens is 2. The zero-order valence-electron chi connectivity index (χ0n) is 7.77. The van der Waals surface area contributed by atoms with Crippen molar-refractivity contribution in [3.05, 3.63) is 39.9 Å². The molecule has 80 valence electrons. The number of benzene rings is 1. The molecule has 0 saturated heterocycles. The van der Waals surface area contributed by atoms with E-state index in [2.05, 4.69) is 31.9 Å². The molecule has 15 heavy (non-hydrogen) atoms. The van der Waals surface area contributed by atoms with Crippen LogP contribution >= 0.6 is 31.9 Å². The number of nitro groups is 1. The summed E-state index contributed by atoms with van der Waals surface area (Å²) in [4.78, 5) is 10.3. The van der Waals surface area contributed by atoms with Crippen LogP contribution in [-0.2, 0) is 0 Å². The van der Waals surface area contributed by atoms with Crippen LogP contribution in [0, 0.1) is 16.0 Å². The Hall–Kier alpha value is -0.420. The van der Waals surface area contributed by atoms with Crippen molar-refractivity contribution in [2.24, 2.45) is 5.92 Å². The zero-order valence-corrected chi connectivity index (χ0v) is 10.9. The molecular weight excluding hydrogens is 326 g/mol. The molecule has 0 aromatic heterocycles. The highest BCUT2D eigenvalue weighted by molar-refractivity contribution is 9.24. The molecule has 2 rings (SSSR count). The molecule has 0 bridgehead atoms. The predicted octanol–water partition coefficient (Wildman–Crippen LogP) is 3.81. The van der Waals surface area contributed by atoms with Crippen LogP contribution < -0.4 is 0 Å². The summed E-state index contributed by atoms with van der Waals surface area (Å²) in [7, 11) is 0. The summed E-state index contributed by atoms with van der Waals surface area (Å²) in [6, 6.07) is 6.91. The smallest absolute Gasteiger partial charge is 0.258 e. The fourth-order valence-corrected chi connectivity index (χ4v) is 2.91. The SMILES string of the molecule is O=[N+]([O-])c1cccc(C2CC2C(Br)Br)c1. The lowest BCUT2D eigenvalue weighted by Crippen LogP contribution is -1.93. The van der Waals surface area contributed by atoms with Crippen LogP contribution in [0.25, 0.3) is 0 Å². The first-order chi connectivity index (χ1) is 7.09. The van der Waals surface area contributed by atoms with Crippen LogP contribution in [0.1, 0.15) is 17.9 Å². The van der Waals surface area contributed by atoms with Crippen LogP contribution in [0.15, 0.2) is 24.3 Å². The molecule has 2 atom stereocenters. The standard InChI is InChI=1S/C10H9Br2NO2/c11-10(12)9-5-8(9)6-2-1-3-7(4-6)13(14)15/h1-4,8-10H,5H2. The van der Waals surface area contributed by atoms with Gasteiger partial charge < -0.3 is 0 Å². The van der Waals surface area contributed by atoms with E-state index in [-0.39, 0.29) is 10.6 Å². The summed E-state index contributed by atoms with van der Waals surface area (Å²) in [5.41, 5.74) is 1.25. The Bertz CT molecular complexity index is 395. The van der Waals surface area contributed by atoms with Gasteiger partial charge in [0.25, 0.3) is 5.69 Å². The lowest BCUT2D eigenvalue weighted by Gasteiger charge is -2.01. The number of nitro benzene ring substituents is 1. The van der Waals surface area contributed by atoms with Crippen LogP contribution in [0.5, 0.6) is 0 Å². The summed E-state index contributed by atoms with van der Waals surface area (Å²) in [5, 5.41) is 10.6. The van der Waals surface area contributed by atoms with E-state index in [0.717, 1.165) is 12.0 Å². The molecular formula is C10H9Br2NO2. The summed E-state index contributed by atoms with van der Waals surface area (Å²) < 4.78 is 0.300. The third-order valence-electron chi connectivity index (χ3n) is 2.67. The fraction of sp³-hybridized carbons (Fsp3) is 0.400. The van der Waals surface area contributed by atoms with E-state index < -0.39 is 0 Å². The maximum absolute atomic E-state index is 10.6. The van der Waals surface area contributed by atoms with E-state index in [0.29, 0.717) is 15.6 Å².